The van der Waals surface area contributed by atoms with Gasteiger partial charge in [-0.3, -0.25) is 0 Å². The number of nitrogens with two attached hydrogens (primary N) is 1. The minimum atomic E-state index is 0.685. The van der Waals surface area contributed by atoms with Crippen LogP contribution in [-0.4, -0.2) is 29.3 Å². The molecule has 4 nitrogen and oxygen atoms in total. The van der Waals surface area contributed by atoms with Crippen LogP contribution in [0.3, 0.4) is 0 Å². The smallest absolute Gasteiger partial charge is 0.130 e. The summed E-state index contributed by atoms with van der Waals surface area (Å²) in [6, 6.07) is 2.00. The summed E-state index contributed by atoms with van der Waals surface area (Å²) in [5.74, 6) is 2.31. The van der Waals surface area contributed by atoms with E-state index in [2.05, 4.69) is 15.3 Å². The van der Waals surface area contributed by atoms with Crippen molar-refractivity contribution in [2.24, 2.45) is 17.6 Å². The largest absolute Gasteiger partial charge is 0.370 e. The number of rotatable bonds is 5. The molecule has 1 saturated carbocycles. The fraction of sp³-hybridized carbons (Fsp3) is 0.667. The van der Waals surface area contributed by atoms with E-state index in [9.17, 15) is 0 Å². The molecule has 1 aromatic rings. The standard InChI is InChI=1S/C12H20N4S/c1-17-12-5-11(15-8-16-12)14-7-10-4-2-3-9(10)6-13/h5,8-10H,2-4,6-7,13H2,1H3,(H,14,15,16). The van der Waals surface area contributed by atoms with Crippen molar-refractivity contribution in [1.29, 1.82) is 0 Å². The normalized spacial score (nSPS) is 23.9. The number of hydrogen-bond donors (Lipinski definition) is 2. The van der Waals surface area contributed by atoms with Crippen LogP contribution in [0.25, 0.3) is 0 Å². The molecule has 2 rings (SSSR count). The highest BCUT2D eigenvalue weighted by molar-refractivity contribution is 7.98. The van der Waals surface area contributed by atoms with E-state index in [0.29, 0.717) is 11.8 Å². The van der Waals surface area contributed by atoms with Gasteiger partial charge >= 0.3 is 0 Å². The fourth-order valence-corrected chi connectivity index (χ4v) is 2.86. The van der Waals surface area contributed by atoms with Gasteiger partial charge in [0.05, 0.1) is 0 Å². The number of thioether (sulfide) groups is 1. The number of nitrogens with one attached hydrogen (secondary N) is 1. The molecule has 0 aliphatic heterocycles. The molecule has 1 aliphatic rings. The minimum absolute atomic E-state index is 0.685. The minimum Gasteiger partial charge on any atom is -0.370 e. The van der Waals surface area contributed by atoms with Crippen molar-refractivity contribution in [1.82, 2.24) is 9.97 Å². The Kier molecular flexibility index (Phi) is 4.62. The van der Waals surface area contributed by atoms with Crippen molar-refractivity contribution in [2.45, 2.75) is 24.3 Å². The lowest BCUT2D eigenvalue weighted by molar-refractivity contribution is 0.414. The Labute approximate surface area is 107 Å². The van der Waals surface area contributed by atoms with Crippen LogP contribution in [0.1, 0.15) is 19.3 Å². The predicted octanol–water partition coefficient (Wildman–Crippen LogP) is 1.99. The van der Waals surface area contributed by atoms with E-state index in [1.807, 2.05) is 12.3 Å². The van der Waals surface area contributed by atoms with Crippen LogP contribution in [0.4, 0.5) is 5.82 Å². The Morgan fingerprint density at radius 3 is 3.00 bits per heavy atom. The summed E-state index contributed by atoms with van der Waals surface area (Å²) in [7, 11) is 0. The second-order valence-corrected chi connectivity index (χ2v) is 5.34. The van der Waals surface area contributed by atoms with Crippen LogP contribution in [0.15, 0.2) is 17.4 Å². The van der Waals surface area contributed by atoms with Crippen molar-refractivity contribution >= 4 is 17.6 Å². The molecule has 17 heavy (non-hydrogen) atoms. The molecule has 0 radical (unpaired) electrons. The first-order valence-corrected chi connectivity index (χ1v) is 7.36. The lowest BCUT2D eigenvalue weighted by Gasteiger charge is -2.18. The molecule has 1 aliphatic carbocycles. The van der Waals surface area contributed by atoms with E-state index in [1.165, 1.54) is 19.3 Å². The van der Waals surface area contributed by atoms with Gasteiger partial charge in [-0.15, -0.1) is 11.8 Å². The van der Waals surface area contributed by atoms with E-state index in [1.54, 1.807) is 18.1 Å². The molecule has 0 saturated heterocycles. The molecule has 0 aromatic carbocycles. The van der Waals surface area contributed by atoms with Crippen LogP contribution in [0.5, 0.6) is 0 Å². The van der Waals surface area contributed by atoms with Gasteiger partial charge < -0.3 is 11.1 Å². The Morgan fingerprint density at radius 1 is 1.41 bits per heavy atom. The number of aromatic nitrogens is 2. The summed E-state index contributed by atoms with van der Waals surface area (Å²) < 4.78 is 0. The summed E-state index contributed by atoms with van der Waals surface area (Å²) in [5.41, 5.74) is 5.78. The molecular weight excluding hydrogens is 232 g/mol. The van der Waals surface area contributed by atoms with Crippen molar-refractivity contribution in [3.63, 3.8) is 0 Å². The molecule has 1 aromatic heterocycles. The van der Waals surface area contributed by atoms with E-state index >= 15 is 0 Å². The van der Waals surface area contributed by atoms with Crippen LogP contribution in [0.2, 0.25) is 0 Å². The van der Waals surface area contributed by atoms with Gasteiger partial charge in [0, 0.05) is 12.6 Å². The van der Waals surface area contributed by atoms with Gasteiger partial charge in [-0.05, 0) is 37.5 Å². The molecular formula is C12H20N4S. The zero-order valence-electron chi connectivity index (χ0n) is 10.2. The maximum Gasteiger partial charge on any atom is 0.130 e. The quantitative estimate of drug-likeness (QED) is 0.620. The van der Waals surface area contributed by atoms with Crippen molar-refractivity contribution in [2.75, 3.05) is 24.7 Å². The Hall–Kier alpha value is -0.810. The predicted molar refractivity (Wildman–Crippen MR) is 72.2 cm³/mol. The van der Waals surface area contributed by atoms with E-state index in [0.717, 1.165) is 23.9 Å². The van der Waals surface area contributed by atoms with Crippen LogP contribution < -0.4 is 11.1 Å². The van der Waals surface area contributed by atoms with Crippen LogP contribution >= 0.6 is 11.8 Å². The van der Waals surface area contributed by atoms with Gasteiger partial charge in [0.15, 0.2) is 0 Å². The average Bonchev–Trinajstić information content (AvgIpc) is 2.84. The maximum atomic E-state index is 5.78. The lowest BCUT2D eigenvalue weighted by Crippen LogP contribution is -2.24. The van der Waals surface area contributed by atoms with Gasteiger partial charge in [-0.1, -0.05) is 6.42 Å². The molecule has 3 N–H and O–H groups in total. The molecule has 5 heteroatoms. The Morgan fingerprint density at radius 2 is 2.24 bits per heavy atom. The third-order valence-electron chi connectivity index (χ3n) is 3.52. The molecule has 0 amide bonds. The van der Waals surface area contributed by atoms with Gasteiger partial charge in [-0.25, -0.2) is 9.97 Å². The monoisotopic (exact) mass is 252 g/mol. The summed E-state index contributed by atoms with van der Waals surface area (Å²) in [4.78, 5) is 8.39. The highest BCUT2D eigenvalue weighted by Crippen LogP contribution is 2.30. The average molecular weight is 252 g/mol. The molecule has 0 bridgehead atoms. The molecule has 2 unspecified atom stereocenters. The van der Waals surface area contributed by atoms with E-state index in [-0.39, 0.29) is 0 Å². The summed E-state index contributed by atoms with van der Waals surface area (Å²) in [6.45, 7) is 1.79. The van der Waals surface area contributed by atoms with E-state index < -0.39 is 0 Å². The molecule has 94 valence electrons. The van der Waals surface area contributed by atoms with Gasteiger partial charge in [0.2, 0.25) is 0 Å². The summed E-state index contributed by atoms with van der Waals surface area (Å²) >= 11 is 1.64. The first-order chi connectivity index (χ1) is 8.33. The second kappa shape index (κ2) is 6.21. The lowest BCUT2D eigenvalue weighted by atomic mass is 9.96. The zero-order chi connectivity index (χ0) is 12.1. The van der Waals surface area contributed by atoms with Gasteiger partial charge in [0.25, 0.3) is 0 Å². The Balaban J connectivity index is 1.88. The Bertz CT molecular complexity index is 358. The van der Waals surface area contributed by atoms with Crippen LogP contribution in [0, 0.1) is 11.8 Å². The van der Waals surface area contributed by atoms with Crippen molar-refractivity contribution in [3.8, 4) is 0 Å². The van der Waals surface area contributed by atoms with E-state index in [4.69, 9.17) is 5.73 Å². The molecule has 1 heterocycles. The topological polar surface area (TPSA) is 63.8 Å². The molecule has 0 spiro atoms. The summed E-state index contributed by atoms with van der Waals surface area (Å²) in [6.07, 6.45) is 7.52. The number of anilines is 1. The highest BCUT2D eigenvalue weighted by atomic mass is 32.2. The zero-order valence-corrected chi connectivity index (χ0v) is 11.0. The van der Waals surface area contributed by atoms with Gasteiger partial charge in [-0.2, -0.15) is 0 Å². The highest BCUT2D eigenvalue weighted by Gasteiger charge is 2.25. The van der Waals surface area contributed by atoms with Crippen LogP contribution in [-0.2, 0) is 0 Å². The fourth-order valence-electron chi connectivity index (χ4n) is 2.48. The third kappa shape index (κ3) is 3.33. The van der Waals surface area contributed by atoms with Crippen molar-refractivity contribution in [3.05, 3.63) is 12.4 Å². The maximum absolute atomic E-state index is 5.78. The van der Waals surface area contributed by atoms with Crippen molar-refractivity contribution < 1.29 is 0 Å². The third-order valence-corrected chi connectivity index (χ3v) is 4.16. The first kappa shape index (κ1) is 12.6. The molecule has 2 atom stereocenters. The number of hydrogen-bond acceptors (Lipinski definition) is 5. The summed E-state index contributed by atoms with van der Waals surface area (Å²) in [5, 5.41) is 4.41. The molecule has 1 fully saturated rings. The number of nitrogens with zero attached hydrogens (tertiary/aromatic N) is 2. The van der Waals surface area contributed by atoms with Gasteiger partial charge in [0.1, 0.15) is 17.2 Å². The first-order valence-electron chi connectivity index (χ1n) is 6.13. The second-order valence-electron chi connectivity index (χ2n) is 4.51. The SMILES string of the molecule is CSc1cc(NCC2CCCC2CN)ncn1.